The molecule has 0 saturated carbocycles. The third-order valence-electron chi connectivity index (χ3n) is 8.43. The molecule has 0 spiro atoms. The number of anilines is 3. The first-order valence-corrected chi connectivity index (χ1v) is 14.7. The Morgan fingerprint density at radius 2 is 1.16 bits per heavy atom. The van der Waals surface area contributed by atoms with Crippen LogP contribution < -0.4 is 4.90 Å². The SMILES string of the molecule is c1ccc(N2c3ccccc3-c3cc(-c4ccc(-c5nc6ccccc6n5-c5ccccc5)cc4)cc4ncnc2c34)cc1. The van der Waals surface area contributed by atoms with Gasteiger partial charge in [-0.2, -0.15) is 0 Å². The van der Waals surface area contributed by atoms with Gasteiger partial charge in [0.15, 0.2) is 0 Å². The van der Waals surface area contributed by atoms with Crippen LogP contribution in [0.1, 0.15) is 0 Å². The van der Waals surface area contributed by atoms with E-state index in [9.17, 15) is 0 Å². The number of hydrogen-bond acceptors (Lipinski definition) is 4. The molecule has 0 aliphatic carbocycles. The summed E-state index contributed by atoms with van der Waals surface area (Å²) in [4.78, 5) is 16.8. The summed E-state index contributed by atoms with van der Waals surface area (Å²) in [7, 11) is 0. The fraction of sp³-hybridized carbons (Fsp3) is 0. The molecule has 5 nitrogen and oxygen atoms in total. The highest BCUT2D eigenvalue weighted by molar-refractivity contribution is 6.12. The lowest BCUT2D eigenvalue weighted by atomic mass is 9.91. The quantitative estimate of drug-likeness (QED) is 0.214. The Kier molecular flexibility index (Phi) is 5.43. The predicted octanol–water partition coefficient (Wildman–Crippen LogP) is 9.75. The van der Waals surface area contributed by atoms with Crippen molar-refractivity contribution in [3.63, 3.8) is 0 Å². The second kappa shape index (κ2) is 9.75. The maximum atomic E-state index is 5.05. The van der Waals surface area contributed by atoms with E-state index in [-0.39, 0.29) is 0 Å². The summed E-state index contributed by atoms with van der Waals surface area (Å²) in [6.45, 7) is 0. The molecule has 6 aromatic carbocycles. The number of imidazole rings is 1. The summed E-state index contributed by atoms with van der Waals surface area (Å²) >= 11 is 0. The van der Waals surface area contributed by atoms with Gasteiger partial charge in [-0.3, -0.25) is 9.47 Å². The Morgan fingerprint density at radius 1 is 0.477 bits per heavy atom. The fourth-order valence-electron chi connectivity index (χ4n) is 6.44. The Labute approximate surface area is 254 Å². The smallest absolute Gasteiger partial charge is 0.149 e. The number of fused-ring (bicyclic) bond motifs is 3. The Hall–Kier alpha value is -6.07. The van der Waals surface area contributed by atoms with Crippen molar-refractivity contribution in [3.05, 3.63) is 152 Å². The van der Waals surface area contributed by atoms with E-state index < -0.39 is 0 Å². The van der Waals surface area contributed by atoms with E-state index in [0.29, 0.717) is 0 Å². The molecule has 9 rings (SSSR count). The number of para-hydroxylation sites is 5. The first-order valence-electron chi connectivity index (χ1n) is 14.7. The van der Waals surface area contributed by atoms with Gasteiger partial charge in [-0.05, 0) is 71.3 Å². The topological polar surface area (TPSA) is 46.8 Å². The maximum Gasteiger partial charge on any atom is 0.149 e. The Bertz CT molecular complexity index is 2320. The number of benzene rings is 6. The molecule has 8 aromatic rings. The van der Waals surface area contributed by atoms with E-state index in [1.807, 2.05) is 18.2 Å². The molecule has 1 aliphatic heterocycles. The molecule has 0 atom stereocenters. The predicted molar refractivity (Wildman–Crippen MR) is 179 cm³/mol. The lowest BCUT2D eigenvalue weighted by Gasteiger charge is -2.32. The molecule has 0 amide bonds. The van der Waals surface area contributed by atoms with Gasteiger partial charge in [0, 0.05) is 22.5 Å². The zero-order valence-corrected chi connectivity index (χ0v) is 23.7. The molecule has 0 unspecified atom stereocenters. The van der Waals surface area contributed by atoms with Crippen LogP contribution >= 0.6 is 0 Å². The zero-order chi connectivity index (χ0) is 29.0. The van der Waals surface area contributed by atoms with Crippen molar-refractivity contribution in [2.24, 2.45) is 0 Å². The van der Waals surface area contributed by atoms with Gasteiger partial charge in [0.25, 0.3) is 0 Å². The minimum absolute atomic E-state index is 0.900. The number of hydrogen-bond donors (Lipinski definition) is 0. The van der Waals surface area contributed by atoms with Crippen LogP contribution in [0.5, 0.6) is 0 Å². The van der Waals surface area contributed by atoms with Crippen molar-refractivity contribution in [2.45, 2.75) is 0 Å². The Balaban J connectivity index is 1.19. The summed E-state index contributed by atoms with van der Waals surface area (Å²) in [6.07, 6.45) is 1.67. The third-order valence-corrected chi connectivity index (χ3v) is 8.43. The van der Waals surface area contributed by atoms with Crippen LogP contribution in [-0.4, -0.2) is 19.5 Å². The summed E-state index contributed by atoms with van der Waals surface area (Å²) in [5.74, 6) is 1.82. The molecule has 206 valence electrons. The van der Waals surface area contributed by atoms with E-state index in [4.69, 9.17) is 15.0 Å². The van der Waals surface area contributed by atoms with Crippen LogP contribution in [0.2, 0.25) is 0 Å². The lowest BCUT2D eigenvalue weighted by molar-refractivity contribution is 1.10. The maximum absolute atomic E-state index is 5.05. The molecule has 3 heterocycles. The van der Waals surface area contributed by atoms with Crippen LogP contribution in [0.4, 0.5) is 17.2 Å². The van der Waals surface area contributed by atoms with Crippen molar-refractivity contribution in [3.8, 4) is 39.3 Å². The van der Waals surface area contributed by atoms with E-state index in [0.717, 1.165) is 72.9 Å². The van der Waals surface area contributed by atoms with Crippen LogP contribution in [-0.2, 0) is 0 Å². The first kappa shape index (κ1) is 24.5. The molecule has 0 radical (unpaired) electrons. The molecule has 44 heavy (non-hydrogen) atoms. The molecule has 0 N–H and O–H groups in total. The average Bonchev–Trinajstić information content (AvgIpc) is 3.49. The van der Waals surface area contributed by atoms with Crippen molar-refractivity contribution in [1.29, 1.82) is 0 Å². The van der Waals surface area contributed by atoms with Gasteiger partial charge < -0.3 is 0 Å². The molecule has 5 heteroatoms. The highest BCUT2D eigenvalue weighted by atomic mass is 15.2. The van der Waals surface area contributed by atoms with Crippen molar-refractivity contribution >= 4 is 39.1 Å². The highest BCUT2D eigenvalue weighted by Crippen LogP contribution is 2.50. The molecular weight excluding hydrogens is 538 g/mol. The summed E-state index contributed by atoms with van der Waals surface area (Å²) < 4.78 is 2.23. The van der Waals surface area contributed by atoms with Crippen molar-refractivity contribution < 1.29 is 0 Å². The number of rotatable bonds is 4. The van der Waals surface area contributed by atoms with Gasteiger partial charge in [-0.25, -0.2) is 15.0 Å². The second-order valence-corrected chi connectivity index (χ2v) is 11.0. The van der Waals surface area contributed by atoms with Crippen molar-refractivity contribution in [2.75, 3.05) is 4.90 Å². The molecule has 1 aliphatic rings. The van der Waals surface area contributed by atoms with Crippen molar-refractivity contribution in [1.82, 2.24) is 19.5 Å². The molecule has 0 bridgehead atoms. The zero-order valence-electron chi connectivity index (χ0n) is 23.7. The standard InChI is InChI=1S/C39H25N5/c1-3-11-29(12-4-1)43-35-17-9-7-15-31(35)32-23-28(24-34-37(32)39(43)41-25-40-34)26-19-21-27(22-20-26)38-42-33-16-8-10-18-36(33)44(38)30-13-5-2-6-14-30/h1-25H. The minimum atomic E-state index is 0.900. The number of aromatic nitrogens is 4. The van der Waals surface area contributed by atoms with Gasteiger partial charge >= 0.3 is 0 Å². The fourth-order valence-corrected chi connectivity index (χ4v) is 6.44. The summed E-state index contributed by atoms with van der Waals surface area (Å²) in [5.41, 5.74) is 11.9. The van der Waals surface area contributed by atoms with E-state index in [1.54, 1.807) is 6.33 Å². The van der Waals surface area contributed by atoms with Crippen LogP contribution in [0, 0.1) is 0 Å². The van der Waals surface area contributed by atoms with E-state index >= 15 is 0 Å². The third kappa shape index (κ3) is 3.76. The molecule has 0 fully saturated rings. The van der Waals surface area contributed by atoms with E-state index in [1.165, 1.54) is 5.56 Å². The lowest BCUT2D eigenvalue weighted by Crippen LogP contribution is -2.16. The minimum Gasteiger partial charge on any atom is -0.294 e. The van der Waals surface area contributed by atoms with Gasteiger partial charge in [0.05, 0.1) is 27.6 Å². The normalized spacial score (nSPS) is 12.0. The molecule has 2 aromatic heterocycles. The molecule has 0 saturated heterocycles. The second-order valence-electron chi connectivity index (χ2n) is 11.0. The van der Waals surface area contributed by atoms with E-state index in [2.05, 4.69) is 137 Å². The van der Waals surface area contributed by atoms with Crippen LogP contribution in [0.15, 0.2) is 152 Å². The average molecular weight is 564 g/mol. The number of nitrogens with zero attached hydrogens (tertiary/aromatic N) is 5. The Morgan fingerprint density at radius 3 is 1.98 bits per heavy atom. The largest absolute Gasteiger partial charge is 0.294 e. The van der Waals surface area contributed by atoms with Gasteiger partial charge in [-0.15, -0.1) is 0 Å². The van der Waals surface area contributed by atoms with Gasteiger partial charge in [0.1, 0.15) is 18.0 Å². The molecular formula is C39H25N5. The van der Waals surface area contributed by atoms with Crippen LogP contribution in [0.3, 0.4) is 0 Å². The van der Waals surface area contributed by atoms with Crippen LogP contribution in [0.25, 0.3) is 61.3 Å². The first-order chi connectivity index (χ1) is 21.8. The monoisotopic (exact) mass is 563 g/mol. The summed E-state index contributed by atoms with van der Waals surface area (Å²) in [6, 6.07) is 50.8. The highest BCUT2D eigenvalue weighted by Gasteiger charge is 2.28. The van der Waals surface area contributed by atoms with Gasteiger partial charge in [0.2, 0.25) is 0 Å². The summed E-state index contributed by atoms with van der Waals surface area (Å²) in [5, 5.41) is 1.06. The van der Waals surface area contributed by atoms with Gasteiger partial charge in [-0.1, -0.05) is 91.0 Å².